The van der Waals surface area contributed by atoms with E-state index >= 15 is 4.39 Å². The van der Waals surface area contributed by atoms with E-state index in [4.69, 9.17) is 0 Å². The fourth-order valence-corrected chi connectivity index (χ4v) is 6.62. The summed E-state index contributed by atoms with van der Waals surface area (Å²) in [6.45, 7) is 6.67. The molecule has 0 spiro atoms. The van der Waals surface area contributed by atoms with Crippen molar-refractivity contribution in [1.29, 1.82) is 0 Å². The zero-order valence-corrected chi connectivity index (χ0v) is 26.9. The molecule has 4 aromatic rings. The van der Waals surface area contributed by atoms with Crippen LogP contribution in [0.15, 0.2) is 108 Å². The van der Waals surface area contributed by atoms with Crippen molar-refractivity contribution in [2.24, 2.45) is 0 Å². The quantitative estimate of drug-likeness (QED) is 0.191. The van der Waals surface area contributed by atoms with E-state index in [0.717, 1.165) is 15.4 Å². The Morgan fingerprint density at radius 2 is 1.49 bits per heavy atom. The van der Waals surface area contributed by atoms with Gasteiger partial charge in [0, 0.05) is 24.6 Å². The third kappa shape index (κ3) is 8.36. The number of halogens is 1. The molecule has 9 heteroatoms. The number of carbonyl (C=O) groups excluding carboxylic acids is 2. The van der Waals surface area contributed by atoms with Crippen molar-refractivity contribution in [1.82, 2.24) is 10.2 Å². The summed E-state index contributed by atoms with van der Waals surface area (Å²) in [7, 11) is -4.22. The largest absolute Gasteiger partial charge is 0.352 e. The number of carbonyl (C=O) groups is 2. The summed E-state index contributed by atoms with van der Waals surface area (Å²) in [5, 5.41) is 2.98. The van der Waals surface area contributed by atoms with E-state index in [0.29, 0.717) is 17.7 Å². The molecule has 0 bridgehead atoms. The molecule has 45 heavy (non-hydrogen) atoms. The summed E-state index contributed by atoms with van der Waals surface area (Å²) in [4.78, 5) is 29.7. The lowest BCUT2D eigenvalue weighted by atomic mass is 10.0. The van der Waals surface area contributed by atoms with E-state index in [-0.39, 0.29) is 29.5 Å². The van der Waals surface area contributed by atoms with Crippen molar-refractivity contribution in [3.8, 4) is 0 Å². The van der Waals surface area contributed by atoms with Gasteiger partial charge in [-0.2, -0.15) is 0 Å². The van der Waals surface area contributed by atoms with Gasteiger partial charge in [0.1, 0.15) is 18.4 Å². The molecule has 0 aliphatic heterocycles. The van der Waals surface area contributed by atoms with Crippen LogP contribution in [0.5, 0.6) is 0 Å². The van der Waals surface area contributed by atoms with Gasteiger partial charge < -0.3 is 10.2 Å². The maximum atomic E-state index is 15.1. The molecule has 2 atom stereocenters. The Morgan fingerprint density at radius 3 is 2.11 bits per heavy atom. The van der Waals surface area contributed by atoms with Crippen LogP contribution in [0, 0.1) is 19.7 Å². The van der Waals surface area contributed by atoms with E-state index in [2.05, 4.69) is 5.32 Å². The first-order valence-electron chi connectivity index (χ1n) is 15.0. The lowest BCUT2D eigenvalue weighted by Gasteiger charge is -2.34. The average molecular weight is 630 g/mol. The highest BCUT2D eigenvalue weighted by Gasteiger charge is 2.35. The minimum Gasteiger partial charge on any atom is -0.352 e. The molecule has 2 amide bonds. The Balaban J connectivity index is 1.83. The van der Waals surface area contributed by atoms with Gasteiger partial charge >= 0.3 is 0 Å². The van der Waals surface area contributed by atoms with Gasteiger partial charge in [0.05, 0.1) is 10.6 Å². The van der Waals surface area contributed by atoms with Gasteiger partial charge in [0.2, 0.25) is 11.8 Å². The minimum atomic E-state index is -4.22. The highest BCUT2D eigenvalue weighted by molar-refractivity contribution is 7.92. The number of rotatable bonds is 13. The topological polar surface area (TPSA) is 86.8 Å². The number of amides is 2. The number of sulfonamides is 1. The van der Waals surface area contributed by atoms with Crippen LogP contribution in [0.25, 0.3) is 0 Å². The first kappa shape index (κ1) is 33.4. The fourth-order valence-electron chi connectivity index (χ4n) is 5.12. The zero-order valence-electron chi connectivity index (χ0n) is 26.1. The smallest absolute Gasteiger partial charge is 0.264 e. The minimum absolute atomic E-state index is 0.0220. The van der Waals surface area contributed by atoms with E-state index in [9.17, 15) is 18.0 Å². The number of benzene rings is 4. The van der Waals surface area contributed by atoms with Gasteiger partial charge in [-0.25, -0.2) is 12.8 Å². The first-order valence-corrected chi connectivity index (χ1v) is 16.5. The van der Waals surface area contributed by atoms with Crippen molar-refractivity contribution >= 4 is 27.5 Å². The second-order valence-electron chi connectivity index (χ2n) is 11.3. The van der Waals surface area contributed by atoms with E-state index in [1.165, 1.54) is 23.1 Å². The van der Waals surface area contributed by atoms with Crippen LogP contribution in [-0.4, -0.2) is 43.8 Å². The normalized spacial score (nSPS) is 12.6. The highest BCUT2D eigenvalue weighted by atomic mass is 32.2. The van der Waals surface area contributed by atoms with Gasteiger partial charge in [-0.05, 0) is 62.6 Å². The average Bonchev–Trinajstić information content (AvgIpc) is 3.03. The van der Waals surface area contributed by atoms with Gasteiger partial charge in [-0.1, -0.05) is 91.3 Å². The van der Waals surface area contributed by atoms with Crippen LogP contribution in [0.1, 0.15) is 42.5 Å². The second kappa shape index (κ2) is 15.0. The second-order valence-corrected chi connectivity index (χ2v) is 13.1. The summed E-state index contributed by atoms with van der Waals surface area (Å²) >= 11 is 0. The number of hydrogen-bond acceptors (Lipinski definition) is 4. The highest BCUT2D eigenvalue weighted by Crippen LogP contribution is 2.28. The fraction of sp³-hybridized carbons (Fsp3) is 0.278. The molecular weight excluding hydrogens is 589 g/mol. The summed E-state index contributed by atoms with van der Waals surface area (Å²) in [6, 6.07) is 27.3. The number of aryl methyl sites for hydroxylation is 2. The Morgan fingerprint density at radius 1 is 0.867 bits per heavy atom. The van der Waals surface area contributed by atoms with Gasteiger partial charge in [-0.15, -0.1) is 0 Å². The molecule has 7 nitrogen and oxygen atoms in total. The zero-order chi connectivity index (χ0) is 32.6. The molecule has 1 N–H and O–H groups in total. The van der Waals surface area contributed by atoms with Crippen LogP contribution in [-0.2, 0) is 32.6 Å². The molecule has 0 fully saturated rings. The predicted octanol–water partition coefficient (Wildman–Crippen LogP) is 6.19. The van der Waals surface area contributed by atoms with E-state index in [1.54, 1.807) is 55.5 Å². The van der Waals surface area contributed by atoms with E-state index < -0.39 is 40.2 Å². The molecule has 0 aromatic heterocycles. The maximum absolute atomic E-state index is 15.1. The molecule has 236 valence electrons. The third-order valence-corrected chi connectivity index (χ3v) is 9.58. The molecule has 0 unspecified atom stereocenters. The lowest BCUT2D eigenvalue weighted by molar-refractivity contribution is -0.140. The summed E-state index contributed by atoms with van der Waals surface area (Å²) in [6.07, 6.45) is 0.819. The summed E-state index contributed by atoms with van der Waals surface area (Å²) in [5.41, 5.74) is 2.96. The standard InChI is InChI=1S/C36H40FN3O4S/c1-5-28(4)38-36(42)34(23-29-14-8-6-9-15-29)39(24-30-16-12-13-19-32(30)37)35(41)25-40(33-21-20-26(2)22-27(33)3)45(43,44)31-17-10-7-11-18-31/h6-22,28,34H,5,23-25H2,1-4H3,(H,38,42)/t28-,34+/m1/s1. The van der Waals surface area contributed by atoms with Crippen molar-refractivity contribution in [2.75, 3.05) is 10.8 Å². The van der Waals surface area contributed by atoms with Crippen molar-refractivity contribution in [3.05, 3.63) is 131 Å². The predicted molar refractivity (Wildman–Crippen MR) is 176 cm³/mol. The number of nitrogens with one attached hydrogen (secondary N) is 1. The van der Waals surface area contributed by atoms with Crippen LogP contribution in [0.2, 0.25) is 0 Å². The Labute approximate surface area is 265 Å². The number of hydrogen-bond donors (Lipinski definition) is 1. The Kier molecular flexibility index (Phi) is 11.1. The molecule has 4 aromatic carbocycles. The third-order valence-electron chi connectivity index (χ3n) is 7.80. The summed E-state index contributed by atoms with van der Waals surface area (Å²) < 4.78 is 44.4. The Hall–Kier alpha value is -4.50. The molecular formula is C36H40FN3O4S. The van der Waals surface area contributed by atoms with Crippen molar-refractivity contribution in [2.45, 2.75) is 64.1 Å². The molecule has 4 rings (SSSR count). The Bertz CT molecular complexity index is 1720. The monoisotopic (exact) mass is 629 g/mol. The molecule has 0 aliphatic rings. The summed E-state index contributed by atoms with van der Waals surface area (Å²) in [5.74, 6) is -1.57. The van der Waals surface area contributed by atoms with Gasteiger partial charge in [-0.3, -0.25) is 13.9 Å². The number of nitrogens with zero attached hydrogens (tertiary/aromatic N) is 2. The molecule has 0 radical (unpaired) electrons. The SMILES string of the molecule is CC[C@@H](C)NC(=O)[C@H](Cc1ccccc1)N(Cc1ccccc1F)C(=O)CN(c1ccc(C)cc1C)S(=O)(=O)c1ccccc1. The molecule has 0 saturated heterocycles. The maximum Gasteiger partial charge on any atom is 0.264 e. The van der Waals surface area contributed by atoms with Crippen LogP contribution < -0.4 is 9.62 Å². The number of anilines is 1. The van der Waals surface area contributed by atoms with Crippen LogP contribution in [0.4, 0.5) is 10.1 Å². The van der Waals surface area contributed by atoms with Crippen LogP contribution in [0.3, 0.4) is 0 Å². The molecule has 0 saturated carbocycles. The van der Waals surface area contributed by atoms with Gasteiger partial charge in [0.25, 0.3) is 10.0 Å². The van der Waals surface area contributed by atoms with Crippen molar-refractivity contribution in [3.63, 3.8) is 0 Å². The lowest BCUT2D eigenvalue weighted by Crippen LogP contribution is -2.54. The van der Waals surface area contributed by atoms with Gasteiger partial charge in [0.15, 0.2) is 0 Å². The molecule has 0 aliphatic carbocycles. The van der Waals surface area contributed by atoms with E-state index in [1.807, 2.05) is 57.2 Å². The first-order chi connectivity index (χ1) is 21.5. The van der Waals surface area contributed by atoms with Crippen LogP contribution >= 0.6 is 0 Å². The molecule has 0 heterocycles. The van der Waals surface area contributed by atoms with Crippen molar-refractivity contribution < 1.29 is 22.4 Å².